The number of aliphatic hydroxyl groups is 1. The zero-order valence-electron chi connectivity index (χ0n) is 10.7. The Morgan fingerprint density at radius 1 is 1.44 bits per heavy atom. The molecular weight excluding hydrogens is 206 g/mol. The highest BCUT2D eigenvalue weighted by Gasteiger charge is 2.11. The predicted octanol–water partition coefficient (Wildman–Crippen LogP) is 1.33. The van der Waals surface area contributed by atoms with Gasteiger partial charge in [0.05, 0.1) is 19.8 Å². The maximum absolute atomic E-state index is 11.3. The second-order valence-corrected chi connectivity index (χ2v) is 4.46. The number of unbranched alkanes of at least 4 members (excludes halogenated alkanes) is 1. The smallest absolute Gasteiger partial charge is 0.319 e. The van der Waals surface area contributed by atoms with Crippen LogP contribution >= 0.6 is 0 Å². The molecule has 0 amide bonds. The lowest BCUT2D eigenvalue weighted by Crippen LogP contribution is -2.38. The standard InChI is InChI=1S/C12H25NO3/c1-4-5-6-16-12(15)8-13-11(9-14)7-10(2)3/h10-11,13-14H,4-9H2,1-3H3. The van der Waals surface area contributed by atoms with E-state index in [2.05, 4.69) is 26.1 Å². The molecule has 2 N–H and O–H groups in total. The monoisotopic (exact) mass is 231 g/mol. The van der Waals surface area contributed by atoms with Gasteiger partial charge in [-0.1, -0.05) is 27.2 Å². The molecule has 0 heterocycles. The van der Waals surface area contributed by atoms with Crippen LogP contribution in [0.2, 0.25) is 0 Å². The van der Waals surface area contributed by atoms with Crippen molar-refractivity contribution in [2.75, 3.05) is 19.8 Å². The Bertz CT molecular complexity index is 183. The SMILES string of the molecule is CCCCOC(=O)CNC(CO)CC(C)C. The second-order valence-electron chi connectivity index (χ2n) is 4.46. The highest BCUT2D eigenvalue weighted by Crippen LogP contribution is 2.03. The Kier molecular flexibility index (Phi) is 9.24. The van der Waals surface area contributed by atoms with Gasteiger partial charge in [-0.15, -0.1) is 0 Å². The number of hydrogen-bond acceptors (Lipinski definition) is 4. The number of nitrogens with one attached hydrogen (secondary N) is 1. The van der Waals surface area contributed by atoms with Crippen molar-refractivity contribution in [1.29, 1.82) is 0 Å². The Labute approximate surface area is 98.4 Å². The molecule has 0 aromatic carbocycles. The fourth-order valence-corrected chi connectivity index (χ4v) is 1.40. The topological polar surface area (TPSA) is 58.6 Å². The number of esters is 1. The van der Waals surface area contributed by atoms with Crippen LogP contribution in [0.25, 0.3) is 0 Å². The summed E-state index contributed by atoms with van der Waals surface area (Å²) in [6.45, 7) is 6.96. The molecule has 4 nitrogen and oxygen atoms in total. The summed E-state index contributed by atoms with van der Waals surface area (Å²) in [5.41, 5.74) is 0. The van der Waals surface area contributed by atoms with Crippen LogP contribution in [-0.4, -0.2) is 36.9 Å². The van der Waals surface area contributed by atoms with E-state index in [-0.39, 0.29) is 25.2 Å². The molecule has 0 radical (unpaired) electrons. The van der Waals surface area contributed by atoms with E-state index in [0.717, 1.165) is 19.3 Å². The maximum atomic E-state index is 11.3. The molecule has 16 heavy (non-hydrogen) atoms. The summed E-state index contributed by atoms with van der Waals surface area (Å²) in [5.74, 6) is 0.261. The van der Waals surface area contributed by atoms with Gasteiger partial charge in [0, 0.05) is 6.04 Å². The average molecular weight is 231 g/mol. The van der Waals surface area contributed by atoms with E-state index in [1.165, 1.54) is 0 Å². The summed E-state index contributed by atoms with van der Waals surface area (Å²) in [4.78, 5) is 11.3. The van der Waals surface area contributed by atoms with E-state index in [9.17, 15) is 4.79 Å². The Morgan fingerprint density at radius 3 is 2.62 bits per heavy atom. The van der Waals surface area contributed by atoms with Crippen molar-refractivity contribution in [2.24, 2.45) is 5.92 Å². The van der Waals surface area contributed by atoms with Crippen LogP contribution in [0.5, 0.6) is 0 Å². The van der Waals surface area contributed by atoms with Crippen LogP contribution in [0.4, 0.5) is 0 Å². The second kappa shape index (κ2) is 9.60. The molecule has 1 atom stereocenters. The van der Waals surface area contributed by atoms with Crippen molar-refractivity contribution < 1.29 is 14.6 Å². The van der Waals surface area contributed by atoms with Crippen LogP contribution < -0.4 is 5.32 Å². The van der Waals surface area contributed by atoms with E-state index in [0.29, 0.717) is 12.5 Å². The van der Waals surface area contributed by atoms with Crippen LogP contribution in [0.1, 0.15) is 40.0 Å². The molecule has 96 valence electrons. The summed E-state index contributed by atoms with van der Waals surface area (Å²) >= 11 is 0. The summed E-state index contributed by atoms with van der Waals surface area (Å²) < 4.78 is 5.00. The quantitative estimate of drug-likeness (QED) is 0.464. The fourth-order valence-electron chi connectivity index (χ4n) is 1.40. The molecule has 0 aliphatic carbocycles. The molecule has 1 unspecified atom stereocenters. The third-order valence-electron chi connectivity index (χ3n) is 2.27. The number of hydrogen-bond donors (Lipinski definition) is 2. The van der Waals surface area contributed by atoms with Crippen LogP contribution in [0, 0.1) is 5.92 Å². The number of carbonyl (C=O) groups excluding carboxylic acids is 1. The lowest BCUT2D eigenvalue weighted by Gasteiger charge is -2.17. The van der Waals surface area contributed by atoms with Crippen LogP contribution in [0.15, 0.2) is 0 Å². The van der Waals surface area contributed by atoms with E-state index >= 15 is 0 Å². The predicted molar refractivity (Wildman–Crippen MR) is 64.2 cm³/mol. The van der Waals surface area contributed by atoms with Gasteiger partial charge in [0.1, 0.15) is 0 Å². The largest absolute Gasteiger partial charge is 0.465 e. The molecule has 0 aromatic rings. The van der Waals surface area contributed by atoms with Crippen molar-refractivity contribution >= 4 is 5.97 Å². The van der Waals surface area contributed by atoms with E-state index in [1.807, 2.05) is 0 Å². The summed E-state index contributed by atoms with van der Waals surface area (Å²) in [5, 5.41) is 12.1. The minimum atomic E-state index is -0.240. The molecule has 0 fully saturated rings. The lowest BCUT2D eigenvalue weighted by molar-refractivity contribution is -0.142. The highest BCUT2D eigenvalue weighted by atomic mass is 16.5. The minimum Gasteiger partial charge on any atom is -0.465 e. The molecule has 0 aliphatic rings. The van der Waals surface area contributed by atoms with Crippen molar-refractivity contribution in [2.45, 2.75) is 46.1 Å². The molecule has 0 aliphatic heterocycles. The molecular formula is C12H25NO3. The number of aliphatic hydroxyl groups excluding tert-OH is 1. The number of carbonyl (C=O) groups is 1. The van der Waals surface area contributed by atoms with Crippen molar-refractivity contribution in [3.05, 3.63) is 0 Å². The maximum Gasteiger partial charge on any atom is 0.319 e. The van der Waals surface area contributed by atoms with Gasteiger partial charge in [0.2, 0.25) is 0 Å². The van der Waals surface area contributed by atoms with Crippen molar-refractivity contribution in [3.63, 3.8) is 0 Å². The van der Waals surface area contributed by atoms with E-state index in [4.69, 9.17) is 9.84 Å². The summed E-state index contributed by atoms with van der Waals surface area (Å²) in [6.07, 6.45) is 2.78. The molecule has 0 saturated carbocycles. The molecule has 0 rings (SSSR count). The van der Waals surface area contributed by atoms with Gasteiger partial charge in [-0.25, -0.2) is 0 Å². The molecule has 4 heteroatoms. The minimum absolute atomic E-state index is 0.0151. The highest BCUT2D eigenvalue weighted by molar-refractivity contribution is 5.71. The fraction of sp³-hybridized carbons (Fsp3) is 0.917. The normalized spacial score (nSPS) is 12.8. The van der Waals surface area contributed by atoms with Crippen molar-refractivity contribution in [1.82, 2.24) is 5.32 Å². The van der Waals surface area contributed by atoms with E-state index < -0.39 is 0 Å². The first-order valence-electron chi connectivity index (χ1n) is 6.10. The van der Waals surface area contributed by atoms with E-state index in [1.54, 1.807) is 0 Å². The van der Waals surface area contributed by atoms with Gasteiger partial charge in [-0.05, 0) is 18.8 Å². The molecule has 0 saturated heterocycles. The Morgan fingerprint density at radius 2 is 2.12 bits per heavy atom. The van der Waals surface area contributed by atoms with Gasteiger partial charge < -0.3 is 15.2 Å². The van der Waals surface area contributed by atoms with Gasteiger partial charge in [0.25, 0.3) is 0 Å². The molecule has 0 bridgehead atoms. The van der Waals surface area contributed by atoms with Gasteiger partial charge in [-0.2, -0.15) is 0 Å². The number of rotatable bonds is 9. The van der Waals surface area contributed by atoms with Crippen LogP contribution in [0.3, 0.4) is 0 Å². The zero-order valence-corrected chi connectivity index (χ0v) is 10.7. The van der Waals surface area contributed by atoms with Gasteiger partial charge >= 0.3 is 5.97 Å². The first-order valence-corrected chi connectivity index (χ1v) is 6.10. The molecule has 0 spiro atoms. The third-order valence-corrected chi connectivity index (χ3v) is 2.27. The van der Waals surface area contributed by atoms with Crippen LogP contribution in [-0.2, 0) is 9.53 Å². The zero-order chi connectivity index (χ0) is 12.4. The molecule has 0 aromatic heterocycles. The van der Waals surface area contributed by atoms with Gasteiger partial charge in [0.15, 0.2) is 0 Å². The number of ether oxygens (including phenoxy) is 1. The Balaban J connectivity index is 3.62. The third kappa shape index (κ3) is 8.68. The average Bonchev–Trinajstić information content (AvgIpc) is 2.24. The lowest BCUT2D eigenvalue weighted by atomic mass is 10.0. The summed E-state index contributed by atoms with van der Waals surface area (Å²) in [6, 6.07) is -0.0151. The first-order chi connectivity index (χ1) is 7.60. The first kappa shape index (κ1) is 15.4. The van der Waals surface area contributed by atoms with Gasteiger partial charge in [-0.3, -0.25) is 4.79 Å². The Hall–Kier alpha value is -0.610. The van der Waals surface area contributed by atoms with Crippen molar-refractivity contribution in [3.8, 4) is 0 Å². The summed E-state index contributed by atoms with van der Waals surface area (Å²) in [7, 11) is 0.